The van der Waals surface area contributed by atoms with Crippen LogP contribution in [0.25, 0.3) is 0 Å². The van der Waals surface area contributed by atoms with E-state index in [9.17, 15) is 0 Å². The molecule has 0 aromatic carbocycles. The summed E-state index contributed by atoms with van der Waals surface area (Å²) in [4.78, 5) is 4.27. The molecule has 1 aromatic rings. The highest BCUT2D eigenvalue weighted by Gasteiger charge is 2.11. The molecule has 16 heavy (non-hydrogen) atoms. The van der Waals surface area contributed by atoms with Crippen molar-refractivity contribution in [1.29, 1.82) is 0 Å². The van der Waals surface area contributed by atoms with Crippen LogP contribution in [0.5, 0.6) is 0 Å². The molecule has 0 unspecified atom stereocenters. The maximum atomic E-state index is 4.27. The summed E-state index contributed by atoms with van der Waals surface area (Å²) in [5.41, 5.74) is 1.38. The summed E-state index contributed by atoms with van der Waals surface area (Å²) in [6.07, 6.45) is 6.36. The van der Waals surface area contributed by atoms with Crippen molar-refractivity contribution < 1.29 is 0 Å². The molecule has 1 rings (SSSR count). The van der Waals surface area contributed by atoms with Gasteiger partial charge in [0, 0.05) is 36.9 Å². The first-order valence-electron chi connectivity index (χ1n) is 6.42. The molecule has 3 nitrogen and oxygen atoms in total. The van der Waals surface area contributed by atoms with E-state index in [0.717, 1.165) is 13.1 Å². The lowest BCUT2D eigenvalue weighted by molar-refractivity contribution is 0.511. The highest BCUT2D eigenvalue weighted by atomic mass is 15.1. The number of hydrogen-bond donors (Lipinski definition) is 1. The van der Waals surface area contributed by atoms with E-state index in [4.69, 9.17) is 0 Å². The van der Waals surface area contributed by atoms with Gasteiger partial charge in [-0.1, -0.05) is 27.7 Å². The molecule has 1 aromatic heterocycles. The van der Waals surface area contributed by atoms with E-state index >= 15 is 0 Å². The van der Waals surface area contributed by atoms with Crippen molar-refractivity contribution in [2.24, 2.45) is 0 Å². The Labute approximate surface area is 99.3 Å². The van der Waals surface area contributed by atoms with Gasteiger partial charge >= 0.3 is 0 Å². The van der Waals surface area contributed by atoms with Crippen LogP contribution in [-0.4, -0.2) is 22.1 Å². The van der Waals surface area contributed by atoms with E-state index in [-0.39, 0.29) is 0 Å². The molecule has 0 fully saturated rings. The van der Waals surface area contributed by atoms with Crippen LogP contribution in [-0.2, 0) is 6.54 Å². The average Bonchev–Trinajstić information content (AvgIpc) is 2.68. The Hall–Kier alpha value is -0.830. The van der Waals surface area contributed by atoms with Crippen LogP contribution >= 0.6 is 0 Å². The van der Waals surface area contributed by atoms with Gasteiger partial charge in [0.15, 0.2) is 0 Å². The predicted octanol–water partition coefficient (Wildman–Crippen LogP) is 2.78. The molecule has 0 bridgehead atoms. The molecule has 1 heterocycles. The second-order valence-electron chi connectivity index (χ2n) is 4.63. The van der Waals surface area contributed by atoms with Crippen LogP contribution in [0, 0.1) is 0 Å². The Morgan fingerprint density at radius 1 is 1.31 bits per heavy atom. The number of imidazole rings is 1. The average molecular weight is 223 g/mol. The second kappa shape index (κ2) is 6.69. The molecule has 0 aliphatic rings. The molecule has 0 atom stereocenters. The Balaban J connectivity index is 2.56. The van der Waals surface area contributed by atoms with Crippen LogP contribution < -0.4 is 5.32 Å². The molecule has 1 N–H and O–H groups in total. The van der Waals surface area contributed by atoms with Gasteiger partial charge in [-0.3, -0.25) is 0 Å². The molecule has 0 radical (unpaired) electrons. The summed E-state index contributed by atoms with van der Waals surface area (Å²) in [5.74, 6) is 0.654. The summed E-state index contributed by atoms with van der Waals surface area (Å²) < 4.78 is 2.28. The van der Waals surface area contributed by atoms with Crippen molar-refractivity contribution >= 4 is 0 Å². The summed E-state index contributed by atoms with van der Waals surface area (Å²) in [7, 11) is 0. The molecular formula is C13H25N3. The second-order valence-corrected chi connectivity index (χ2v) is 4.63. The van der Waals surface area contributed by atoms with Crippen molar-refractivity contribution in [3.05, 3.63) is 18.2 Å². The maximum absolute atomic E-state index is 4.27. The number of nitrogens with one attached hydrogen (secondary N) is 1. The molecule has 0 spiro atoms. The molecule has 0 aliphatic heterocycles. The minimum absolute atomic E-state index is 0.556. The van der Waals surface area contributed by atoms with Gasteiger partial charge in [-0.2, -0.15) is 0 Å². The minimum Gasteiger partial charge on any atom is -0.333 e. The fourth-order valence-corrected chi connectivity index (χ4v) is 2.04. The van der Waals surface area contributed by atoms with Crippen LogP contribution in [0.3, 0.4) is 0 Å². The highest BCUT2D eigenvalue weighted by Crippen LogP contribution is 2.22. The maximum Gasteiger partial charge on any atom is 0.0948 e. The number of aromatic nitrogens is 2. The van der Waals surface area contributed by atoms with Crippen molar-refractivity contribution in [3.63, 3.8) is 0 Å². The van der Waals surface area contributed by atoms with Crippen molar-refractivity contribution in [2.45, 2.75) is 59.0 Å². The largest absolute Gasteiger partial charge is 0.333 e. The van der Waals surface area contributed by atoms with Gasteiger partial charge in [0.25, 0.3) is 0 Å². The zero-order valence-electron chi connectivity index (χ0n) is 11.0. The lowest BCUT2D eigenvalue weighted by atomic mass is 10.00. The van der Waals surface area contributed by atoms with E-state index < -0.39 is 0 Å². The highest BCUT2D eigenvalue weighted by molar-refractivity contribution is 5.05. The minimum atomic E-state index is 0.556. The van der Waals surface area contributed by atoms with E-state index in [2.05, 4.69) is 42.6 Å². The Kier molecular flexibility index (Phi) is 5.53. The van der Waals surface area contributed by atoms with Gasteiger partial charge in [-0.25, -0.2) is 4.98 Å². The van der Waals surface area contributed by atoms with Crippen LogP contribution in [0.15, 0.2) is 12.5 Å². The Morgan fingerprint density at radius 2 is 2.00 bits per heavy atom. The number of nitrogens with zero attached hydrogens (tertiary/aromatic N) is 2. The lowest BCUT2D eigenvalue weighted by Gasteiger charge is -2.16. The molecule has 0 saturated heterocycles. The van der Waals surface area contributed by atoms with Gasteiger partial charge in [0.05, 0.1) is 6.33 Å². The van der Waals surface area contributed by atoms with E-state index in [0.29, 0.717) is 12.0 Å². The lowest BCUT2D eigenvalue weighted by Crippen LogP contribution is -2.27. The fourth-order valence-electron chi connectivity index (χ4n) is 2.04. The molecule has 0 aliphatic carbocycles. The van der Waals surface area contributed by atoms with Gasteiger partial charge < -0.3 is 9.88 Å². The molecule has 0 amide bonds. The molecule has 0 saturated carbocycles. The van der Waals surface area contributed by atoms with Gasteiger partial charge in [-0.05, 0) is 12.8 Å². The van der Waals surface area contributed by atoms with E-state index in [1.54, 1.807) is 0 Å². The Morgan fingerprint density at radius 3 is 2.56 bits per heavy atom. The van der Waals surface area contributed by atoms with E-state index in [1.807, 2.05) is 12.5 Å². The van der Waals surface area contributed by atoms with E-state index in [1.165, 1.54) is 18.5 Å². The third-order valence-corrected chi connectivity index (χ3v) is 3.05. The molecular weight excluding hydrogens is 198 g/mol. The summed E-state index contributed by atoms with van der Waals surface area (Å²) >= 11 is 0. The molecule has 92 valence electrons. The number of rotatable bonds is 7. The van der Waals surface area contributed by atoms with Crippen LogP contribution in [0.4, 0.5) is 0 Å². The van der Waals surface area contributed by atoms with Crippen molar-refractivity contribution in [2.75, 3.05) is 6.54 Å². The first kappa shape index (κ1) is 13.2. The topological polar surface area (TPSA) is 29.9 Å². The zero-order chi connectivity index (χ0) is 12.0. The standard InChI is InChI=1S/C13H25N3/c1-5-12(6-2)13-9-14-10-16(13)8-7-15-11(3)4/h9-12,15H,5-8H2,1-4H3. The van der Waals surface area contributed by atoms with Gasteiger partial charge in [-0.15, -0.1) is 0 Å². The van der Waals surface area contributed by atoms with Crippen LogP contribution in [0.2, 0.25) is 0 Å². The fraction of sp³-hybridized carbons (Fsp3) is 0.769. The Bertz CT molecular complexity index is 287. The summed E-state index contributed by atoms with van der Waals surface area (Å²) in [5, 5.41) is 3.44. The smallest absolute Gasteiger partial charge is 0.0948 e. The third-order valence-electron chi connectivity index (χ3n) is 3.05. The SMILES string of the molecule is CCC(CC)c1cncn1CCNC(C)C. The van der Waals surface area contributed by atoms with Crippen LogP contribution in [0.1, 0.15) is 52.1 Å². The zero-order valence-corrected chi connectivity index (χ0v) is 11.0. The third kappa shape index (κ3) is 3.63. The summed E-state index contributed by atoms with van der Waals surface area (Å²) in [6, 6.07) is 0.556. The molecule has 3 heteroatoms. The first-order valence-corrected chi connectivity index (χ1v) is 6.42. The monoisotopic (exact) mass is 223 g/mol. The first-order chi connectivity index (χ1) is 7.69. The van der Waals surface area contributed by atoms with Gasteiger partial charge in [0.1, 0.15) is 0 Å². The normalized spacial score (nSPS) is 11.6. The van der Waals surface area contributed by atoms with Crippen molar-refractivity contribution in [3.8, 4) is 0 Å². The van der Waals surface area contributed by atoms with Gasteiger partial charge in [0.2, 0.25) is 0 Å². The number of hydrogen-bond acceptors (Lipinski definition) is 2. The summed E-state index contributed by atoms with van der Waals surface area (Å²) in [6.45, 7) is 10.9. The predicted molar refractivity (Wildman–Crippen MR) is 68.7 cm³/mol. The quantitative estimate of drug-likeness (QED) is 0.770. The van der Waals surface area contributed by atoms with Crippen molar-refractivity contribution in [1.82, 2.24) is 14.9 Å².